The first kappa shape index (κ1) is 16.9. The van der Waals surface area contributed by atoms with E-state index in [0.717, 1.165) is 16.3 Å². The summed E-state index contributed by atoms with van der Waals surface area (Å²) < 4.78 is 4.87. The summed E-state index contributed by atoms with van der Waals surface area (Å²) in [6, 6.07) is 13.6. The van der Waals surface area contributed by atoms with Crippen molar-refractivity contribution < 1.29 is 29.4 Å². The molecule has 0 amide bonds. The number of hydrogen-bond donors (Lipinski definition) is 3. The van der Waals surface area contributed by atoms with Crippen LogP contribution in [0, 0.1) is 0 Å². The molecule has 2 aromatic carbocycles. The van der Waals surface area contributed by atoms with Gasteiger partial charge in [-0.15, -0.1) is 0 Å². The van der Waals surface area contributed by atoms with Gasteiger partial charge in [-0.1, -0.05) is 42.5 Å². The molecule has 7 nitrogen and oxygen atoms in total. The molecule has 7 heteroatoms. The molecule has 2 rings (SSSR count). The van der Waals surface area contributed by atoms with Crippen LogP contribution in [-0.2, 0) is 25.6 Å². The van der Waals surface area contributed by atoms with E-state index in [9.17, 15) is 19.8 Å². The van der Waals surface area contributed by atoms with Crippen molar-refractivity contribution in [2.75, 3.05) is 6.61 Å². The van der Waals surface area contributed by atoms with Crippen LogP contribution in [0.1, 0.15) is 5.56 Å². The van der Waals surface area contributed by atoms with Crippen LogP contribution in [-0.4, -0.2) is 41.0 Å². The summed E-state index contributed by atoms with van der Waals surface area (Å²) in [5, 5.41) is 20.9. The summed E-state index contributed by atoms with van der Waals surface area (Å²) in [6.45, 7) is -0.00566. The summed E-state index contributed by atoms with van der Waals surface area (Å²) >= 11 is 0. The quantitative estimate of drug-likeness (QED) is 0.509. The fourth-order valence-corrected chi connectivity index (χ4v) is 2.18. The van der Waals surface area contributed by atoms with Gasteiger partial charge in [0, 0.05) is 6.42 Å². The lowest BCUT2D eigenvalue weighted by Crippen LogP contribution is -2.42. The fourth-order valence-electron chi connectivity index (χ4n) is 2.18. The van der Waals surface area contributed by atoms with Crippen LogP contribution in [0.2, 0.25) is 0 Å². The Kier molecular flexibility index (Phi) is 5.64. The lowest BCUT2D eigenvalue weighted by atomic mass is 10.0. The maximum Gasteiger partial charge on any atom is 0.356 e. The minimum absolute atomic E-state index is 0.00566. The Balaban J connectivity index is 1.94. The third-order valence-corrected chi connectivity index (χ3v) is 3.39. The van der Waals surface area contributed by atoms with Crippen LogP contribution in [0.15, 0.2) is 42.5 Å². The van der Waals surface area contributed by atoms with E-state index in [-0.39, 0.29) is 6.61 Å². The van der Waals surface area contributed by atoms with Crippen molar-refractivity contribution in [3.8, 4) is 0 Å². The molecule has 0 saturated carbocycles. The minimum Gasteiger partial charge on any atom is -0.463 e. The van der Waals surface area contributed by atoms with E-state index in [0.29, 0.717) is 6.42 Å². The van der Waals surface area contributed by atoms with E-state index in [2.05, 4.69) is 10.7 Å². The topological polar surface area (TPSA) is 119 Å². The lowest BCUT2D eigenvalue weighted by molar-refractivity contribution is -0.173. The standard InChI is InChI=1S/C16H17NO6/c17-23-16(21)14(19)13(18)15(20)22-9-8-11-6-3-5-10-4-1-2-7-12(10)11/h1-7,13-14,18-19H,8-9,17H2. The molecule has 122 valence electrons. The van der Waals surface area contributed by atoms with Crippen LogP contribution in [0.3, 0.4) is 0 Å². The molecule has 0 heterocycles. The molecular weight excluding hydrogens is 302 g/mol. The van der Waals surface area contributed by atoms with E-state index in [4.69, 9.17) is 4.74 Å². The smallest absolute Gasteiger partial charge is 0.356 e. The SMILES string of the molecule is NOC(=O)C(O)C(O)C(=O)OCCc1cccc2ccccc12. The van der Waals surface area contributed by atoms with Crippen molar-refractivity contribution >= 4 is 22.7 Å². The number of aliphatic hydroxyl groups excluding tert-OH is 2. The molecule has 0 aliphatic carbocycles. The molecule has 2 atom stereocenters. The molecule has 0 bridgehead atoms. The predicted molar refractivity (Wildman–Crippen MR) is 80.9 cm³/mol. The average molecular weight is 319 g/mol. The third-order valence-electron chi connectivity index (χ3n) is 3.39. The molecule has 0 fully saturated rings. The Hall–Kier alpha value is -2.48. The molecular formula is C16H17NO6. The van der Waals surface area contributed by atoms with Gasteiger partial charge in [0.15, 0.2) is 12.2 Å². The van der Waals surface area contributed by atoms with Crippen LogP contribution in [0.4, 0.5) is 0 Å². The number of carbonyl (C=O) groups is 2. The van der Waals surface area contributed by atoms with Crippen LogP contribution in [0.5, 0.6) is 0 Å². The largest absolute Gasteiger partial charge is 0.463 e. The Labute approximate surface area is 132 Å². The molecule has 0 spiro atoms. The number of carbonyl (C=O) groups excluding carboxylic acids is 2. The zero-order valence-electron chi connectivity index (χ0n) is 12.2. The molecule has 2 unspecified atom stereocenters. The molecule has 0 radical (unpaired) electrons. The van der Waals surface area contributed by atoms with Gasteiger partial charge >= 0.3 is 11.9 Å². The fraction of sp³-hybridized carbons (Fsp3) is 0.250. The average Bonchev–Trinajstić information content (AvgIpc) is 2.59. The first-order valence-electron chi connectivity index (χ1n) is 6.94. The molecule has 0 saturated heterocycles. The van der Waals surface area contributed by atoms with Gasteiger partial charge in [0.1, 0.15) is 0 Å². The molecule has 23 heavy (non-hydrogen) atoms. The second kappa shape index (κ2) is 7.68. The van der Waals surface area contributed by atoms with E-state index >= 15 is 0 Å². The third kappa shape index (κ3) is 4.04. The number of benzene rings is 2. The van der Waals surface area contributed by atoms with Gasteiger partial charge in [0.25, 0.3) is 0 Å². The highest BCUT2D eigenvalue weighted by molar-refractivity contribution is 5.86. The van der Waals surface area contributed by atoms with Gasteiger partial charge in [-0.2, -0.15) is 5.90 Å². The molecule has 0 aliphatic heterocycles. The first-order valence-corrected chi connectivity index (χ1v) is 6.94. The van der Waals surface area contributed by atoms with Crippen LogP contribution < -0.4 is 5.90 Å². The van der Waals surface area contributed by atoms with Gasteiger partial charge in [0.2, 0.25) is 0 Å². The zero-order valence-corrected chi connectivity index (χ0v) is 12.2. The maximum absolute atomic E-state index is 11.6. The normalized spacial score (nSPS) is 13.3. The van der Waals surface area contributed by atoms with Crippen molar-refractivity contribution in [2.45, 2.75) is 18.6 Å². The van der Waals surface area contributed by atoms with Gasteiger partial charge in [-0.05, 0) is 16.3 Å². The summed E-state index contributed by atoms with van der Waals surface area (Å²) in [4.78, 5) is 26.3. The number of esters is 1. The lowest BCUT2D eigenvalue weighted by Gasteiger charge is -2.14. The van der Waals surface area contributed by atoms with Crippen molar-refractivity contribution in [1.29, 1.82) is 0 Å². The van der Waals surface area contributed by atoms with Crippen molar-refractivity contribution in [3.05, 3.63) is 48.0 Å². The number of aliphatic hydroxyl groups is 2. The summed E-state index contributed by atoms with van der Waals surface area (Å²) in [5.41, 5.74) is 0.979. The monoisotopic (exact) mass is 319 g/mol. The Morgan fingerprint density at radius 2 is 1.65 bits per heavy atom. The predicted octanol–water partition coefficient (Wildman–Crippen LogP) is 0.0642. The van der Waals surface area contributed by atoms with Crippen LogP contribution in [0.25, 0.3) is 10.8 Å². The van der Waals surface area contributed by atoms with Gasteiger partial charge in [0.05, 0.1) is 6.61 Å². The number of nitrogens with two attached hydrogens (primary N) is 1. The molecule has 0 aliphatic rings. The van der Waals surface area contributed by atoms with E-state index in [1.807, 2.05) is 42.5 Å². The Morgan fingerprint density at radius 3 is 2.39 bits per heavy atom. The first-order chi connectivity index (χ1) is 11.0. The van der Waals surface area contributed by atoms with Crippen molar-refractivity contribution in [2.24, 2.45) is 5.90 Å². The number of fused-ring (bicyclic) bond motifs is 1. The highest BCUT2D eigenvalue weighted by Crippen LogP contribution is 2.18. The molecule has 2 aromatic rings. The zero-order chi connectivity index (χ0) is 16.8. The van der Waals surface area contributed by atoms with Crippen molar-refractivity contribution in [3.63, 3.8) is 0 Å². The summed E-state index contributed by atoms with van der Waals surface area (Å²) in [6.07, 6.45) is -3.69. The van der Waals surface area contributed by atoms with Crippen LogP contribution >= 0.6 is 0 Å². The molecule has 0 aromatic heterocycles. The molecule has 4 N–H and O–H groups in total. The second-order valence-electron chi connectivity index (χ2n) is 4.88. The van der Waals surface area contributed by atoms with E-state index in [1.54, 1.807) is 0 Å². The summed E-state index contributed by atoms with van der Waals surface area (Å²) in [7, 11) is 0. The number of rotatable bonds is 6. The van der Waals surface area contributed by atoms with Gasteiger partial charge < -0.3 is 19.8 Å². The number of hydrogen-bond acceptors (Lipinski definition) is 7. The summed E-state index contributed by atoms with van der Waals surface area (Å²) in [5.74, 6) is 2.13. The van der Waals surface area contributed by atoms with Gasteiger partial charge in [-0.3, -0.25) is 0 Å². The van der Waals surface area contributed by atoms with E-state index < -0.39 is 24.1 Å². The second-order valence-corrected chi connectivity index (χ2v) is 4.88. The highest BCUT2D eigenvalue weighted by Gasteiger charge is 2.32. The minimum atomic E-state index is -2.08. The van der Waals surface area contributed by atoms with Crippen molar-refractivity contribution in [1.82, 2.24) is 0 Å². The Morgan fingerprint density at radius 1 is 1.00 bits per heavy atom. The highest BCUT2D eigenvalue weighted by atomic mass is 16.7. The maximum atomic E-state index is 11.6. The number of ether oxygens (including phenoxy) is 1. The van der Waals surface area contributed by atoms with E-state index in [1.165, 1.54) is 0 Å². The van der Waals surface area contributed by atoms with Gasteiger partial charge in [-0.25, -0.2) is 9.59 Å². The Bertz CT molecular complexity index is 697.